The Morgan fingerprint density at radius 1 is 1.13 bits per heavy atom. The molecule has 2 heteroatoms. The summed E-state index contributed by atoms with van der Waals surface area (Å²) >= 11 is 1.95. The maximum Gasteiger partial charge on any atom is 0.00890 e. The molecule has 1 nitrogen and oxygen atoms in total. The number of thioether (sulfide) groups is 1. The molecule has 0 aliphatic carbocycles. The van der Waals surface area contributed by atoms with Gasteiger partial charge in [-0.15, -0.1) is 11.8 Å². The zero-order valence-corrected chi connectivity index (χ0v) is 10.7. The second-order valence-electron chi connectivity index (χ2n) is 4.25. The molecule has 15 heavy (non-hydrogen) atoms. The Kier molecular flexibility index (Phi) is 5.20. The standard InChI is InChI=1S/C13H21NS/c1-10(2)11(3)15-13-6-4-12(5-7-13)8-9-14/h4-7,10-11H,8-9,14H2,1-3H3. The molecule has 0 radical (unpaired) electrons. The van der Waals surface area contributed by atoms with Crippen LogP contribution in [0.2, 0.25) is 0 Å². The van der Waals surface area contributed by atoms with Crippen LogP contribution in [-0.2, 0) is 6.42 Å². The quantitative estimate of drug-likeness (QED) is 0.775. The molecule has 84 valence electrons. The van der Waals surface area contributed by atoms with Crippen molar-refractivity contribution < 1.29 is 0 Å². The van der Waals surface area contributed by atoms with Crippen LogP contribution in [0.3, 0.4) is 0 Å². The fourth-order valence-electron chi connectivity index (χ4n) is 1.25. The third-order valence-electron chi connectivity index (χ3n) is 2.62. The molecular weight excluding hydrogens is 202 g/mol. The van der Waals surface area contributed by atoms with Crippen molar-refractivity contribution in [1.82, 2.24) is 0 Å². The first kappa shape index (κ1) is 12.6. The van der Waals surface area contributed by atoms with Crippen molar-refractivity contribution in [3.05, 3.63) is 29.8 Å². The molecule has 1 atom stereocenters. The van der Waals surface area contributed by atoms with Crippen LogP contribution in [0, 0.1) is 5.92 Å². The summed E-state index contributed by atoms with van der Waals surface area (Å²) in [7, 11) is 0. The van der Waals surface area contributed by atoms with Crippen LogP contribution >= 0.6 is 11.8 Å². The van der Waals surface area contributed by atoms with Crippen LogP contribution in [0.15, 0.2) is 29.2 Å². The lowest BCUT2D eigenvalue weighted by Crippen LogP contribution is -2.05. The highest BCUT2D eigenvalue weighted by Gasteiger charge is 2.08. The van der Waals surface area contributed by atoms with Crippen LogP contribution in [0.4, 0.5) is 0 Å². The smallest absolute Gasteiger partial charge is 0.00890 e. The van der Waals surface area contributed by atoms with Crippen LogP contribution in [0.5, 0.6) is 0 Å². The van der Waals surface area contributed by atoms with E-state index in [1.807, 2.05) is 11.8 Å². The summed E-state index contributed by atoms with van der Waals surface area (Å²) < 4.78 is 0. The Hall–Kier alpha value is -0.470. The Labute approximate surface area is 97.4 Å². The maximum absolute atomic E-state index is 5.51. The fourth-order valence-corrected chi connectivity index (χ4v) is 2.25. The molecule has 0 amide bonds. The first-order chi connectivity index (χ1) is 7.13. The highest BCUT2D eigenvalue weighted by Crippen LogP contribution is 2.27. The molecule has 0 fully saturated rings. The predicted octanol–water partition coefficient (Wildman–Crippen LogP) is 3.32. The van der Waals surface area contributed by atoms with E-state index in [0.717, 1.165) is 18.9 Å². The van der Waals surface area contributed by atoms with Crippen molar-refractivity contribution in [3.8, 4) is 0 Å². The van der Waals surface area contributed by atoms with Crippen molar-refractivity contribution >= 4 is 11.8 Å². The van der Waals surface area contributed by atoms with Gasteiger partial charge < -0.3 is 5.73 Å². The minimum absolute atomic E-state index is 0.672. The van der Waals surface area contributed by atoms with Crippen LogP contribution in [0.1, 0.15) is 26.3 Å². The molecule has 1 aromatic rings. The lowest BCUT2D eigenvalue weighted by molar-refractivity contribution is 0.642. The zero-order chi connectivity index (χ0) is 11.3. The first-order valence-corrected chi connectivity index (χ1v) is 6.47. The zero-order valence-electron chi connectivity index (χ0n) is 9.86. The summed E-state index contributed by atoms with van der Waals surface area (Å²) in [6.07, 6.45) is 0.977. The second-order valence-corrected chi connectivity index (χ2v) is 5.70. The Morgan fingerprint density at radius 3 is 2.20 bits per heavy atom. The van der Waals surface area contributed by atoms with Crippen molar-refractivity contribution in [2.75, 3.05) is 6.54 Å². The number of nitrogens with two attached hydrogens (primary N) is 1. The predicted molar refractivity (Wildman–Crippen MR) is 69.4 cm³/mol. The molecule has 0 heterocycles. The van der Waals surface area contributed by atoms with Gasteiger partial charge in [-0.2, -0.15) is 0 Å². The summed E-state index contributed by atoms with van der Waals surface area (Å²) in [6.45, 7) is 7.54. The SMILES string of the molecule is CC(C)C(C)Sc1ccc(CCN)cc1. The average molecular weight is 223 g/mol. The summed E-state index contributed by atoms with van der Waals surface area (Å²) in [4.78, 5) is 1.36. The second kappa shape index (κ2) is 6.19. The van der Waals surface area contributed by atoms with Crippen molar-refractivity contribution in [3.63, 3.8) is 0 Å². The third kappa shape index (κ3) is 4.27. The van der Waals surface area contributed by atoms with Gasteiger partial charge in [0.05, 0.1) is 0 Å². The first-order valence-electron chi connectivity index (χ1n) is 5.59. The molecule has 1 unspecified atom stereocenters. The van der Waals surface area contributed by atoms with Gasteiger partial charge in [0.25, 0.3) is 0 Å². The molecule has 1 aromatic carbocycles. The van der Waals surface area contributed by atoms with Crippen LogP contribution < -0.4 is 5.73 Å². The number of hydrogen-bond donors (Lipinski definition) is 1. The molecule has 1 rings (SSSR count). The van der Waals surface area contributed by atoms with Gasteiger partial charge in [0.2, 0.25) is 0 Å². The van der Waals surface area contributed by atoms with E-state index in [9.17, 15) is 0 Å². The number of hydrogen-bond acceptors (Lipinski definition) is 2. The van der Waals surface area contributed by atoms with Crippen molar-refractivity contribution in [1.29, 1.82) is 0 Å². The van der Waals surface area contributed by atoms with E-state index in [1.165, 1.54) is 10.5 Å². The van der Waals surface area contributed by atoms with Crippen molar-refractivity contribution in [2.24, 2.45) is 11.7 Å². The van der Waals surface area contributed by atoms with Crippen molar-refractivity contribution in [2.45, 2.75) is 37.3 Å². The third-order valence-corrected chi connectivity index (χ3v) is 4.08. The Morgan fingerprint density at radius 2 is 1.73 bits per heavy atom. The largest absolute Gasteiger partial charge is 0.330 e. The molecule has 0 saturated heterocycles. The van der Waals surface area contributed by atoms with E-state index in [0.29, 0.717) is 5.25 Å². The Bertz CT molecular complexity index is 279. The van der Waals surface area contributed by atoms with E-state index in [-0.39, 0.29) is 0 Å². The fraction of sp³-hybridized carbons (Fsp3) is 0.538. The van der Waals surface area contributed by atoms with Crippen LogP contribution in [0.25, 0.3) is 0 Å². The van der Waals surface area contributed by atoms with Gasteiger partial charge in [-0.05, 0) is 36.6 Å². The topological polar surface area (TPSA) is 26.0 Å². The lowest BCUT2D eigenvalue weighted by Gasteiger charge is -2.14. The lowest BCUT2D eigenvalue weighted by atomic mass is 10.1. The Balaban J connectivity index is 2.56. The highest BCUT2D eigenvalue weighted by atomic mass is 32.2. The van der Waals surface area contributed by atoms with Crippen LogP contribution in [-0.4, -0.2) is 11.8 Å². The molecule has 0 aromatic heterocycles. The minimum Gasteiger partial charge on any atom is -0.330 e. The number of rotatable bonds is 5. The summed E-state index contributed by atoms with van der Waals surface area (Å²) in [5.41, 5.74) is 6.85. The summed E-state index contributed by atoms with van der Waals surface area (Å²) in [6, 6.07) is 8.77. The molecule has 0 saturated carbocycles. The summed E-state index contributed by atoms with van der Waals surface area (Å²) in [5, 5.41) is 0.672. The highest BCUT2D eigenvalue weighted by molar-refractivity contribution is 8.00. The average Bonchev–Trinajstić information content (AvgIpc) is 2.21. The van der Waals surface area contributed by atoms with Gasteiger partial charge in [0, 0.05) is 10.1 Å². The van der Waals surface area contributed by atoms with Gasteiger partial charge in [0.15, 0.2) is 0 Å². The molecule has 0 bridgehead atoms. The molecule has 0 aliphatic rings. The molecule has 0 spiro atoms. The van der Waals surface area contributed by atoms with E-state index < -0.39 is 0 Å². The van der Waals surface area contributed by atoms with Gasteiger partial charge in [-0.1, -0.05) is 32.9 Å². The maximum atomic E-state index is 5.51. The van der Waals surface area contributed by atoms with E-state index in [4.69, 9.17) is 5.73 Å². The summed E-state index contributed by atoms with van der Waals surface area (Å²) in [5.74, 6) is 0.721. The molecule has 2 N–H and O–H groups in total. The van der Waals surface area contributed by atoms with E-state index in [2.05, 4.69) is 45.0 Å². The molecular formula is C13H21NS. The van der Waals surface area contributed by atoms with Gasteiger partial charge in [0.1, 0.15) is 0 Å². The minimum atomic E-state index is 0.672. The van der Waals surface area contributed by atoms with Gasteiger partial charge in [-0.25, -0.2) is 0 Å². The number of benzene rings is 1. The van der Waals surface area contributed by atoms with E-state index in [1.54, 1.807) is 0 Å². The van der Waals surface area contributed by atoms with Gasteiger partial charge in [-0.3, -0.25) is 0 Å². The van der Waals surface area contributed by atoms with Gasteiger partial charge >= 0.3 is 0 Å². The molecule has 0 aliphatic heterocycles. The monoisotopic (exact) mass is 223 g/mol. The normalized spacial score (nSPS) is 13.1. The van der Waals surface area contributed by atoms with E-state index >= 15 is 0 Å².